The van der Waals surface area contributed by atoms with E-state index in [4.69, 9.17) is 24.1 Å². The SMILES string of the molecule is C[C@@H]1OC(CO)[C@@H](O)[C@H](O)C1O[C@]1(OC=O)C[C@@H](O)[C@@H](C)C([C@H](O)[C@H](O)CO)O1. The van der Waals surface area contributed by atoms with Crippen LogP contribution in [0.15, 0.2) is 0 Å². The number of rotatable bonds is 8. The molecule has 0 radical (unpaired) electrons. The Hall–Kier alpha value is -0.930. The van der Waals surface area contributed by atoms with Gasteiger partial charge in [0.2, 0.25) is 0 Å². The molecule has 29 heavy (non-hydrogen) atoms. The van der Waals surface area contributed by atoms with Crippen LogP contribution in [-0.2, 0) is 23.7 Å². The largest absolute Gasteiger partial charge is 0.410 e. The zero-order chi connectivity index (χ0) is 21.9. The molecule has 2 aliphatic heterocycles. The van der Waals surface area contributed by atoms with E-state index < -0.39 is 86.5 Å². The molecule has 0 aromatic carbocycles. The Morgan fingerprint density at radius 1 is 1.17 bits per heavy atom. The van der Waals surface area contributed by atoms with Gasteiger partial charge < -0.3 is 54.7 Å². The highest BCUT2D eigenvalue weighted by molar-refractivity contribution is 5.37. The summed E-state index contributed by atoms with van der Waals surface area (Å²) in [4.78, 5) is 11.1. The summed E-state index contributed by atoms with van der Waals surface area (Å²) in [6, 6.07) is 0. The van der Waals surface area contributed by atoms with Crippen molar-refractivity contribution in [3.63, 3.8) is 0 Å². The van der Waals surface area contributed by atoms with Crippen LogP contribution in [0.3, 0.4) is 0 Å². The first kappa shape index (κ1) is 24.3. The summed E-state index contributed by atoms with van der Waals surface area (Å²) >= 11 is 0. The standard InChI is InChI=1S/C17H30O12/c1-7-9(21)3-17(26-6-20,28-15(7)12(23)10(22)4-18)29-16-8(2)27-11(5-19)13(24)14(16)25/h6-16,18-19,21-25H,3-5H2,1-2H3/t7-,8+,9-,10-,11?,12-,13-,14+,15?,16?,17+/m1/s1. The van der Waals surface area contributed by atoms with Crippen LogP contribution in [0.4, 0.5) is 0 Å². The number of aliphatic hydroxyl groups excluding tert-OH is 7. The highest BCUT2D eigenvalue weighted by Crippen LogP contribution is 2.39. The fourth-order valence-corrected chi connectivity index (χ4v) is 3.63. The van der Waals surface area contributed by atoms with Crippen LogP contribution in [0.25, 0.3) is 0 Å². The van der Waals surface area contributed by atoms with E-state index in [1.54, 1.807) is 0 Å². The van der Waals surface area contributed by atoms with Gasteiger partial charge in [-0.2, -0.15) is 0 Å². The topological polar surface area (TPSA) is 196 Å². The van der Waals surface area contributed by atoms with E-state index in [2.05, 4.69) is 0 Å². The van der Waals surface area contributed by atoms with Gasteiger partial charge in [0.15, 0.2) is 0 Å². The van der Waals surface area contributed by atoms with Crippen molar-refractivity contribution in [2.45, 2.75) is 81.2 Å². The van der Waals surface area contributed by atoms with Crippen molar-refractivity contribution in [3.05, 3.63) is 0 Å². The van der Waals surface area contributed by atoms with Gasteiger partial charge >= 0.3 is 5.97 Å². The van der Waals surface area contributed by atoms with Crippen LogP contribution in [0.5, 0.6) is 0 Å². The molecule has 11 atom stereocenters. The van der Waals surface area contributed by atoms with E-state index in [-0.39, 0.29) is 6.47 Å². The third-order valence-corrected chi connectivity index (χ3v) is 5.46. The second-order valence-corrected chi connectivity index (χ2v) is 7.48. The summed E-state index contributed by atoms with van der Waals surface area (Å²) in [5.41, 5.74) is 0. The zero-order valence-corrected chi connectivity index (χ0v) is 16.1. The first-order chi connectivity index (χ1) is 13.6. The Labute approximate surface area is 167 Å². The minimum Gasteiger partial charge on any atom is -0.410 e. The van der Waals surface area contributed by atoms with Crippen LogP contribution in [-0.4, -0.2) is 116 Å². The Balaban J connectivity index is 2.28. The first-order valence-corrected chi connectivity index (χ1v) is 9.35. The smallest absolute Gasteiger partial charge is 0.332 e. The first-order valence-electron chi connectivity index (χ1n) is 9.35. The molecular formula is C17H30O12. The van der Waals surface area contributed by atoms with E-state index in [0.29, 0.717) is 0 Å². The fourth-order valence-electron chi connectivity index (χ4n) is 3.63. The molecule has 170 valence electrons. The lowest BCUT2D eigenvalue weighted by molar-refractivity contribution is -0.439. The van der Waals surface area contributed by atoms with Gasteiger partial charge in [0, 0.05) is 5.92 Å². The average Bonchev–Trinajstić information content (AvgIpc) is 2.69. The number of aliphatic hydroxyl groups is 7. The maximum absolute atomic E-state index is 11.1. The zero-order valence-electron chi connectivity index (χ0n) is 16.1. The molecule has 2 rings (SSSR count). The highest BCUT2D eigenvalue weighted by atomic mass is 16.9. The molecule has 0 spiro atoms. The molecule has 0 aromatic rings. The van der Waals surface area contributed by atoms with Gasteiger partial charge in [-0.1, -0.05) is 6.92 Å². The lowest BCUT2D eigenvalue weighted by Crippen LogP contribution is -2.64. The second-order valence-electron chi connectivity index (χ2n) is 7.48. The molecular weight excluding hydrogens is 396 g/mol. The van der Waals surface area contributed by atoms with Crippen LogP contribution in [0.1, 0.15) is 20.3 Å². The summed E-state index contributed by atoms with van der Waals surface area (Å²) in [5.74, 6) is -3.02. The third kappa shape index (κ3) is 5.05. The normalized spacial score (nSPS) is 45.4. The molecule has 2 fully saturated rings. The van der Waals surface area contributed by atoms with Crippen LogP contribution < -0.4 is 0 Å². The van der Waals surface area contributed by atoms with Crippen molar-refractivity contribution >= 4 is 6.47 Å². The maximum Gasteiger partial charge on any atom is 0.332 e. The van der Waals surface area contributed by atoms with E-state index in [1.165, 1.54) is 13.8 Å². The van der Waals surface area contributed by atoms with Gasteiger partial charge in [-0.3, -0.25) is 4.79 Å². The van der Waals surface area contributed by atoms with Gasteiger partial charge in [-0.15, -0.1) is 0 Å². The van der Waals surface area contributed by atoms with Gasteiger partial charge in [-0.25, -0.2) is 0 Å². The predicted octanol–water partition coefficient (Wildman–Crippen LogP) is -3.80. The summed E-state index contributed by atoms with van der Waals surface area (Å²) < 4.78 is 21.6. The molecule has 0 amide bonds. The van der Waals surface area contributed by atoms with Gasteiger partial charge in [-0.05, 0) is 6.92 Å². The summed E-state index contributed by atoms with van der Waals surface area (Å²) in [6.45, 7) is 1.66. The maximum atomic E-state index is 11.1. The summed E-state index contributed by atoms with van der Waals surface area (Å²) in [7, 11) is 0. The fraction of sp³-hybridized carbons (Fsp3) is 0.941. The van der Waals surface area contributed by atoms with Crippen molar-refractivity contribution < 1.29 is 59.5 Å². The molecule has 12 heteroatoms. The third-order valence-electron chi connectivity index (χ3n) is 5.46. The number of carbonyl (C=O) groups is 1. The van der Waals surface area contributed by atoms with Crippen molar-refractivity contribution in [1.82, 2.24) is 0 Å². The minimum atomic E-state index is -2.27. The number of ether oxygens (including phenoxy) is 4. The molecule has 2 aliphatic rings. The molecule has 0 aromatic heterocycles. The van der Waals surface area contributed by atoms with Crippen molar-refractivity contribution in [2.24, 2.45) is 5.92 Å². The molecule has 12 nitrogen and oxygen atoms in total. The molecule has 0 saturated carbocycles. The van der Waals surface area contributed by atoms with Crippen molar-refractivity contribution in [1.29, 1.82) is 0 Å². The lowest BCUT2D eigenvalue weighted by atomic mass is 9.86. The number of hydrogen-bond acceptors (Lipinski definition) is 12. The highest BCUT2D eigenvalue weighted by Gasteiger charge is 2.55. The van der Waals surface area contributed by atoms with E-state index in [1.807, 2.05) is 0 Å². The number of carbonyl (C=O) groups excluding carboxylic acids is 1. The molecule has 2 saturated heterocycles. The minimum absolute atomic E-state index is 0.0116. The van der Waals surface area contributed by atoms with Crippen molar-refractivity contribution in [2.75, 3.05) is 13.2 Å². The Kier molecular flexibility index (Phi) is 8.32. The Morgan fingerprint density at radius 3 is 2.38 bits per heavy atom. The molecule has 0 aliphatic carbocycles. The quantitative estimate of drug-likeness (QED) is 0.148. The van der Waals surface area contributed by atoms with Gasteiger partial charge in [0.25, 0.3) is 6.47 Å². The Bertz CT molecular complexity index is 535. The molecule has 7 N–H and O–H groups in total. The van der Waals surface area contributed by atoms with Gasteiger partial charge in [0.1, 0.15) is 36.6 Å². The molecule has 2 heterocycles. The molecule has 0 bridgehead atoms. The predicted molar refractivity (Wildman–Crippen MR) is 91.9 cm³/mol. The summed E-state index contributed by atoms with van der Waals surface area (Å²) in [6.07, 6.45) is -12.5. The molecule has 3 unspecified atom stereocenters. The van der Waals surface area contributed by atoms with E-state index in [9.17, 15) is 35.4 Å². The van der Waals surface area contributed by atoms with Crippen molar-refractivity contribution in [3.8, 4) is 0 Å². The van der Waals surface area contributed by atoms with E-state index >= 15 is 0 Å². The Morgan fingerprint density at radius 2 is 1.83 bits per heavy atom. The summed E-state index contributed by atoms with van der Waals surface area (Å²) in [5, 5.41) is 69.2. The van der Waals surface area contributed by atoms with Crippen LogP contribution in [0, 0.1) is 5.92 Å². The second kappa shape index (κ2) is 9.92. The average molecular weight is 426 g/mol. The van der Waals surface area contributed by atoms with Crippen LogP contribution >= 0.6 is 0 Å². The lowest BCUT2D eigenvalue weighted by Gasteiger charge is -2.49. The van der Waals surface area contributed by atoms with E-state index in [0.717, 1.165) is 0 Å². The van der Waals surface area contributed by atoms with Crippen LogP contribution in [0.2, 0.25) is 0 Å². The monoisotopic (exact) mass is 426 g/mol. The van der Waals surface area contributed by atoms with Gasteiger partial charge in [0.05, 0.1) is 37.9 Å². The number of hydrogen-bond donors (Lipinski definition) is 7.